The van der Waals surface area contributed by atoms with Crippen molar-refractivity contribution in [1.29, 1.82) is 0 Å². The highest BCUT2D eigenvalue weighted by Crippen LogP contribution is 2.34. The maximum absolute atomic E-state index is 12.8. The van der Waals surface area contributed by atoms with Gasteiger partial charge in [0, 0.05) is 37.5 Å². The number of fused-ring (bicyclic) bond motifs is 1. The fraction of sp³-hybridized carbons (Fsp3) is 0.652. The quantitative estimate of drug-likeness (QED) is 0.440. The van der Waals surface area contributed by atoms with Gasteiger partial charge in [-0.05, 0) is 30.2 Å². The van der Waals surface area contributed by atoms with E-state index in [4.69, 9.17) is 10.1 Å². The van der Waals surface area contributed by atoms with Gasteiger partial charge in [0.2, 0.25) is 5.91 Å². The largest absolute Gasteiger partial charge is 0.481 e. The number of carbonyl (C=O) groups is 2. The number of carbonyl (C=O) groups excluding carboxylic acids is 1. The molecule has 0 radical (unpaired) electrons. The third kappa shape index (κ3) is 6.57. The molecule has 1 saturated heterocycles. The summed E-state index contributed by atoms with van der Waals surface area (Å²) in [5.41, 5.74) is 0.227. The summed E-state index contributed by atoms with van der Waals surface area (Å²) in [6, 6.07) is 2.15. The lowest BCUT2D eigenvalue weighted by Crippen LogP contribution is -2.49. The van der Waals surface area contributed by atoms with Crippen LogP contribution >= 0.6 is 23.1 Å². The summed E-state index contributed by atoms with van der Waals surface area (Å²) < 4.78 is 0. The number of carboxylic acids is 1. The van der Waals surface area contributed by atoms with E-state index in [9.17, 15) is 9.59 Å². The average molecular weight is 479 g/mol. The van der Waals surface area contributed by atoms with Crippen LogP contribution in [0.3, 0.4) is 0 Å². The minimum atomic E-state index is -0.881. The van der Waals surface area contributed by atoms with Crippen LogP contribution in [0.15, 0.2) is 11.2 Å². The number of rotatable bonds is 8. The third-order valence-electron chi connectivity index (χ3n) is 5.49. The Morgan fingerprint density at radius 3 is 2.50 bits per heavy atom. The van der Waals surface area contributed by atoms with E-state index in [1.165, 1.54) is 4.88 Å². The molecule has 3 rings (SSSR count). The molecule has 0 spiro atoms. The molecule has 7 nitrogen and oxygen atoms in total. The van der Waals surface area contributed by atoms with Gasteiger partial charge in [-0.25, -0.2) is 9.97 Å². The smallest absolute Gasteiger partial charge is 0.313 e. The van der Waals surface area contributed by atoms with Crippen molar-refractivity contribution in [2.24, 2.45) is 11.3 Å². The van der Waals surface area contributed by atoms with Crippen LogP contribution in [0, 0.1) is 11.3 Å². The lowest BCUT2D eigenvalue weighted by Gasteiger charge is -2.36. The first-order valence-electron chi connectivity index (χ1n) is 11.2. The highest BCUT2D eigenvalue weighted by Gasteiger charge is 2.26. The number of aliphatic carboxylic acids is 1. The number of anilines is 1. The van der Waals surface area contributed by atoms with E-state index in [2.05, 4.69) is 50.6 Å². The molecule has 9 heteroatoms. The van der Waals surface area contributed by atoms with Gasteiger partial charge in [0.15, 0.2) is 5.16 Å². The molecular formula is C23H34N4O3S2. The van der Waals surface area contributed by atoms with Crippen molar-refractivity contribution in [3.8, 4) is 0 Å². The van der Waals surface area contributed by atoms with Crippen molar-refractivity contribution >= 4 is 51.0 Å². The molecule has 1 unspecified atom stereocenters. The Hall–Kier alpha value is -1.87. The molecule has 0 saturated carbocycles. The first-order valence-corrected chi connectivity index (χ1v) is 13.0. The Balaban J connectivity index is 1.71. The average Bonchev–Trinajstić information content (AvgIpc) is 3.13. The molecule has 176 valence electrons. The Morgan fingerprint density at radius 1 is 1.22 bits per heavy atom. The molecule has 3 heterocycles. The van der Waals surface area contributed by atoms with Crippen LogP contribution in [-0.2, 0) is 16.0 Å². The molecule has 1 atom stereocenters. The maximum atomic E-state index is 12.8. The van der Waals surface area contributed by atoms with E-state index in [1.807, 2.05) is 4.90 Å². The lowest BCUT2D eigenvalue weighted by molar-refractivity contribution is -0.134. The number of piperazine rings is 1. The first-order chi connectivity index (χ1) is 15.1. The predicted molar refractivity (Wildman–Crippen MR) is 132 cm³/mol. The summed E-state index contributed by atoms with van der Waals surface area (Å²) in [6.45, 7) is 13.7. The summed E-state index contributed by atoms with van der Waals surface area (Å²) in [6.07, 6.45) is 2.55. The van der Waals surface area contributed by atoms with Gasteiger partial charge in [-0.3, -0.25) is 9.59 Å². The number of carboxylic acid groups (broad SMARTS) is 1. The third-order valence-corrected chi connectivity index (χ3v) is 7.50. The highest BCUT2D eigenvalue weighted by atomic mass is 32.2. The minimum Gasteiger partial charge on any atom is -0.481 e. The monoisotopic (exact) mass is 478 g/mol. The number of aromatic nitrogens is 2. The van der Waals surface area contributed by atoms with Crippen LogP contribution in [0.2, 0.25) is 0 Å². The van der Waals surface area contributed by atoms with Crippen LogP contribution in [0.5, 0.6) is 0 Å². The van der Waals surface area contributed by atoms with Gasteiger partial charge < -0.3 is 14.9 Å². The Morgan fingerprint density at radius 2 is 1.91 bits per heavy atom. The minimum absolute atomic E-state index is 0.0635. The van der Waals surface area contributed by atoms with E-state index in [-0.39, 0.29) is 17.1 Å². The molecule has 0 aromatic carbocycles. The second-order valence-electron chi connectivity index (χ2n) is 9.74. The first kappa shape index (κ1) is 24.8. The number of hydrogen-bond acceptors (Lipinski definition) is 7. The fourth-order valence-electron chi connectivity index (χ4n) is 4.26. The number of hydrogen-bond donors (Lipinski definition) is 1. The van der Waals surface area contributed by atoms with Gasteiger partial charge in [0.25, 0.3) is 0 Å². The van der Waals surface area contributed by atoms with Crippen LogP contribution in [-0.4, -0.2) is 63.8 Å². The van der Waals surface area contributed by atoms with Crippen molar-refractivity contribution in [2.45, 2.75) is 59.0 Å². The molecule has 1 aliphatic rings. The van der Waals surface area contributed by atoms with Crippen LogP contribution in [0.25, 0.3) is 10.2 Å². The van der Waals surface area contributed by atoms with Crippen molar-refractivity contribution < 1.29 is 14.7 Å². The molecular weight excluding hydrogens is 444 g/mol. The number of thiophene rings is 1. The lowest BCUT2D eigenvalue weighted by atomic mass is 9.84. The summed E-state index contributed by atoms with van der Waals surface area (Å²) in [5, 5.41) is 10.5. The maximum Gasteiger partial charge on any atom is 0.313 e. The zero-order chi connectivity index (χ0) is 23.5. The summed E-state index contributed by atoms with van der Waals surface area (Å²) >= 11 is 2.79. The van der Waals surface area contributed by atoms with Crippen molar-refractivity contribution in [3.63, 3.8) is 0 Å². The zero-order valence-electron chi connectivity index (χ0n) is 19.7. The normalized spacial score (nSPS) is 15.9. The highest BCUT2D eigenvalue weighted by molar-refractivity contribution is 7.99. The SMILES string of the molecule is CCc1cc2c(N3CCN(C(=O)CC(C)CC(C)(C)C)CC3)nc(SCC(=O)O)nc2s1. The van der Waals surface area contributed by atoms with Crippen molar-refractivity contribution in [3.05, 3.63) is 10.9 Å². The number of thioether (sulfide) groups is 1. The van der Waals surface area contributed by atoms with E-state index < -0.39 is 5.97 Å². The van der Waals surface area contributed by atoms with E-state index in [0.717, 1.165) is 40.6 Å². The van der Waals surface area contributed by atoms with Crippen LogP contribution in [0.4, 0.5) is 5.82 Å². The zero-order valence-corrected chi connectivity index (χ0v) is 21.3. The number of aryl methyl sites for hydroxylation is 1. The van der Waals surface area contributed by atoms with E-state index in [0.29, 0.717) is 43.7 Å². The molecule has 2 aromatic rings. The molecule has 1 fully saturated rings. The summed E-state index contributed by atoms with van der Waals surface area (Å²) in [5.74, 6) is 0.511. The second kappa shape index (κ2) is 10.4. The summed E-state index contributed by atoms with van der Waals surface area (Å²) in [7, 11) is 0. The van der Waals surface area contributed by atoms with Crippen molar-refractivity contribution in [2.75, 3.05) is 36.8 Å². The molecule has 1 amide bonds. The topological polar surface area (TPSA) is 86.6 Å². The Bertz CT molecular complexity index is 962. The van der Waals surface area contributed by atoms with Gasteiger partial charge in [-0.2, -0.15) is 0 Å². The Labute approximate surface area is 198 Å². The fourth-order valence-corrected chi connectivity index (χ4v) is 5.83. The summed E-state index contributed by atoms with van der Waals surface area (Å²) in [4.78, 5) is 39.5. The van der Waals surface area contributed by atoms with Crippen molar-refractivity contribution in [1.82, 2.24) is 14.9 Å². The molecule has 0 bridgehead atoms. The molecule has 1 N–H and O–H groups in total. The number of amides is 1. The Kier molecular flexibility index (Phi) is 8.03. The van der Waals surface area contributed by atoms with Gasteiger partial charge in [-0.1, -0.05) is 46.4 Å². The van der Waals surface area contributed by atoms with Crippen LogP contribution in [0.1, 0.15) is 52.3 Å². The van der Waals surface area contributed by atoms with Crippen LogP contribution < -0.4 is 4.90 Å². The number of nitrogens with zero attached hydrogens (tertiary/aromatic N) is 4. The van der Waals surface area contributed by atoms with Gasteiger partial charge in [-0.15, -0.1) is 11.3 Å². The van der Waals surface area contributed by atoms with E-state index in [1.54, 1.807) is 11.3 Å². The second-order valence-corrected chi connectivity index (χ2v) is 11.8. The van der Waals surface area contributed by atoms with Gasteiger partial charge in [0.05, 0.1) is 11.1 Å². The van der Waals surface area contributed by atoms with Gasteiger partial charge >= 0.3 is 5.97 Å². The molecule has 1 aliphatic heterocycles. The molecule has 32 heavy (non-hydrogen) atoms. The standard InChI is InChI=1S/C23H34N4O3S2/c1-6-16-12-17-20(24-22(25-21(17)32-16)31-14-19(29)30)27-9-7-26(8-10-27)18(28)11-15(2)13-23(3,4)5/h12,15H,6-11,13-14H2,1-5H3,(H,29,30). The van der Waals surface area contributed by atoms with E-state index >= 15 is 0 Å². The predicted octanol–water partition coefficient (Wildman–Crippen LogP) is 4.54. The molecule has 2 aromatic heterocycles. The molecule has 0 aliphatic carbocycles. The van der Waals surface area contributed by atoms with Gasteiger partial charge in [0.1, 0.15) is 10.6 Å².